The molecular formula is C30H37NO5S. The van der Waals surface area contributed by atoms with Crippen LogP contribution in [-0.4, -0.2) is 56.2 Å². The summed E-state index contributed by atoms with van der Waals surface area (Å²) in [6.45, 7) is 3.98. The van der Waals surface area contributed by atoms with Crippen LogP contribution in [0.3, 0.4) is 0 Å². The van der Waals surface area contributed by atoms with Crippen LogP contribution in [0, 0.1) is 0 Å². The van der Waals surface area contributed by atoms with Crippen molar-refractivity contribution in [3.63, 3.8) is 0 Å². The zero-order valence-corrected chi connectivity index (χ0v) is 22.4. The Morgan fingerprint density at radius 1 is 0.865 bits per heavy atom. The van der Waals surface area contributed by atoms with E-state index in [9.17, 15) is 13.5 Å². The van der Waals surface area contributed by atoms with E-state index in [0.717, 1.165) is 53.0 Å². The number of hydrogen-bond donors (Lipinski definition) is 1. The molecule has 0 atom stereocenters. The first-order valence-electron chi connectivity index (χ1n) is 13.4. The van der Waals surface area contributed by atoms with Crippen LogP contribution in [0.1, 0.15) is 56.4 Å². The summed E-state index contributed by atoms with van der Waals surface area (Å²) in [4.78, 5) is 2.46. The number of rotatable bonds is 8. The summed E-state index contributed by atoms with van der Waals surface area (Å²) in [5, 5.41) is 12.4. The molecule has 0 amide bonds. The molecule has 198 valence electrons. The Morgan fingerprint density at radius 3 is 2.27 bits per heavy atom. The molecule has 5 rings (SSSR count). The molecule has 1 N–H and O–H groups in total. The number of piperidine rings is 1. The molecule has 1 aliphatic carbocycles. The minimum atomic E-state index is -3.03. The van der Waals surface area contributed by atoms with Gasteiger partial charge in [0.15, 0.2) is 0 Å². The van der Waals surface area contributed by atoms with E-state index in [2.05, 4.69) is 4.90 Å². The van der Waals surface area contributed by atoms with Gasteiger partial charge in [-0.15, -0.1) is 0 Å². The first-order valence-corrected chi connectivity index (χ1v) is 15.4. The van der Waals surface area contributed by atoms with E-state index in [0.29, 0.717) is 19.4 Å². The Morgan fingerprint density at radius 2 is 1.57 bits per heavy atom. The van der Waals surface area contributed by atoms with Crippen molar-refractivity contribution in [2.45, 2.75) is 56.1 Å². The number of hydrogen-bond acceptors (Lipinski definition) is 6. The number of fused-ring (bicyclic) bond motifs is 1. The molecule has 3 aromatic rings. The predicted octanol–water partition coefficient (Wildman–Crippen LogP) is 6.27. The van der Waals surface area contributed by atoms with Crippen LogP contribution in [0.5, 0.6) is 23.0 Å². The topological polar surface area (TPSA) is 76.1 Å². The predicted molar refractivity (Wildman–Crippen MR) is 148 cm³/mol. The lowest BCUT2D eigenvalue weighted by atomic mass is 9.81. The highest BCUT2D eigenvalue weighted by molar-refractivity contribution is 7.91. The highest BCUT2D eigenvalue weighted by Crippen LogP contribution is 2.44. The van der Waals surface area contributed by atoms with Gasteiger partial charge < -0.3 is 14.6 Å². The second-order valence-electron chi connectivity index (χ2n) is 10.5. The Bertz CT molecular complexity index is 1310. The quantitative estimate of drug-likeness (QED) is 0.375. The smallest absolute Gasteiger partial charge is 0.150 e. The van der Waals surface area contributed by atoms with Crippen LogP contribution in [0.4, 0.5) is 0 Å². The Kier molecular flexibility index (Phi) is 7.91. The molecule has 7 heteroatoms. The van der Waals surface area contributed by atoms with Crippen molar-refractivity contribution >= 4 is 20.6 Å². The number of aromatic hydroxyl groups is 1. The Balaban J connectivity index is 1.27. The van der Waals surface area contributed by atoms with Crippen LogP contribution in [0.15, 0.2) is 54.6 Å². The van der Waals surface area contributed by atoms with E-state index in [1.54, 1.807) is 6.07 Å². The molecule has 1 saturated heterocycles. The molecule has 1 saturated carbocycles. The standard InChI is InChI=1S/C30H37NO5S/c1-37(33,34)25-14-8-22(9-15-25)30-27-6-5-7-29(26(27)16-17-28(30)32)36-24-12-10-23(11-13-24)35-21-20-31-18-3-2-4-19-31/h5-7,10-13,16-17,22,25,32H,2-4,8-9,14-15,18-21H2,1H3. The summed E-state index contributed by atoms with van der Waals surface area (Å²) in [7, 11) is -3.03. The van der Waals surface area contributed by atoms with Crippen molar-refractivity contribution in [2.24, 2.45) is 0 Å². The molecule has 2 aliphatic rings. The van der Waals surface area contributed by atoms with Gasteiger partial charge in [-0.1, -0.05) is 18.6 Å². The molecule has 0 unspecified atom stereocenters. The zero-order valence-electron chi connectivity index (χ0n) is 21.6. The van der Waals surface area contributed by atoms with Crippen molar-refractivity contribution < 1.29 is 23.0 Å². The third-order valence-corrected chi connectivity index (χ3v) is 9.59. The molecule has 37 heavy (non-hydrogen) atoms. The lowest BCUT2D eigenvalue weighted by molar-refractivity contribution is 0.183. The van der Waals surface area contributed by atoms with Crippen molar-refractivity contribution in [1.29, 1.82) is 0 Å². The first kappa shape index (κ1) is 25.9. The zero-order chi connectivity index (χ0) is 25.8. The molecule has 6 nitrogen and oxygen atoms in total. The van der Waals surface area contributed by atoms with Crippen molar-refractivity contribution in [3.05, 3.63) is 60.2 Å². The van der Waals surface area contributed by atoms with Gasteiger partial charge >= 0.3 is 0 Å². The average Bonchev–Trinajstić information content (AvgIpc) is 2.90. The summed E-state index contributed by atoms with van der Waals surface area (Å²) in [5.74, 6) is 2.66. The molecule has 1 heterocycles. The summed E-state index contributed by atoms with van der Waals surface area (Å²) < 4.78 is 36.2. The van der Waals surface area contributed by atoms with E-state index >= 15 is 0 Å². The number of likely N-dealkylation sites (tertiary alicyclic amines) is 1. The maximum Gasteiger partial charge on any atom is 0.150 e. The lowest BCUT2D eigenvalue weighted by Gasteiger charge is -2.29. The van der Waals surface area contributed by atoms with Crippen molar-refractivity contribution in [1.82, 2.24) is 4.90 Å². The second kappa shape index (κ2) is 11.3. The highest BCUT2D eigenvalue weighted by Gasteiger charge is 2.30. The van der Waals surface area contributed by atoms with E-state index in [1.807, 2.05) is 48.5 Å². The first-order chi connectivity index (χ1) is 17.9. The van der Waals surface area contributed by atoms with E-state index < -0.39 is 9.84 Å². The van der Waals surface area contributed by atoms with Crippen LogP contribution >= 0.6 is 0 Å². The van der Waals surface area contributed by atoms with Gasteiger partial charge in [0.05, 0.1) is 5.25 Å². The number of ether oxygens (including phenoxy) is 2. The highest BCUT2D eigenvalue weighted by atomic mass is 32.2. The minimum absolute atomic E-state index is 0.123. The summed E-state index contributed by atoms with van der Waals surface area (Å²) >= 11 is 0. The molecule has 0 bridgehead atoms. The van der Waals surface area contributed by atoms with Gasteiger partial charge in [-0.25, -0.2) is 8.42 Å². The number of phenols is 1. The van der Waals surface area contributed by atoms with E-state index in [4.69, 9.17) is 9.47 Å². The third-order valence-electron chi connectivity index (χ3n) is 7.90. The molecule has 2 fully saturated rings. The molecule has 0 spiro atoms. The molecule has 0 radical (unpaired) electrons. The van der Waals surface area contributed by atoms with Gasteiger partial charge in [0, 0.05) is 23.8 Å². The van der Waals surface area contributed by atoms with Crippen molar-refractivity contribution in [2.75, 3.05) is 32.5 Å². The Hall–Kier alpha value is -2.77. The number of benzene rings is 3. The summed E-state index contributed by atoms with van der Waals surface area (Å²) in [6.07, 6.45) is 7.97. The van der Waals surface area contributed by atoms with E-state index in [-0.39, 0.29) is 16.9 Å². The van der Waals surface area contributed by atoms with Gasteiger partial charge in [-0.3, -0.25) is 4.90 Å². The fourth-order valence-electron chi connectivity index (χ4n) is 5.85. The second-order valence-corrected chi connectivity index (χ2v) is 12.8. The third kappa shape index (κ3) is 6.21. The van der Waals surface area contributed by atoms with Gasteiger partial charge in [0.1, 0.15) is 39.4 Å². The van der Waals surface area contributed by atoms with Gasteiger partial charge in [-0.2, -0.15) is 0 Å². The fraction of sp³-hybridized carbons (Fsp3) is 0.467. The fourth-order valence-corrected chi connectivity index (χ4v) is 6.97. The lowest BCUT2D eigenvalue weighted by Crippen LogP contribution is -2.33. The van der Waals surface area contributed by atoms with Gasteiger partial charge in [0.25, 0.3) is 0 Å². The molecule has 1 aliphatic heterocycles. The number of phenolic OH excluding ortho intramolecular Hbond substituents is 1. The number of nitrogens with zero attached hydrogens (tertiary/aromatic N) is 1. The van der Waals surface area contributed by atoms with Crippen LogP contribution in [0.25, 0.3) is 10.8 Å². The minimum Gasteiger partial charge on any atom is -0.508 e. The molecule has 3 aromatic carbocycles. The maximum atomic E-state index is 12.0. The molecule has 0 aromatic heterocycles. The van der Waals surface area contributed by atoms with Crippen LogP contribution in [-0.2, 0) is 9.84 Å². The largest absolute Gasteiger partial charge is 0.508 e. The normalized spacial score (nSPS) is 21.1. The summed E-state index contributed by atoms with van der Waals surface area (Å²) in [5.41, 5.74) is 0.896. The molecular weight excluding hydrogens is 486 g/mol. The van der Waals surface area contributed by atoms with Crippen LogP contribution < -0.4 is 9.47 Å². The van der Waals surface area contributed by atoms with Crippen molar-refractivity contribution in [3.8, 4) is 23.0 Å². The van der Waals surface area contributed by atoms with Gasteiger partial charge in [0.2, 0.25) is 0 Å². The van der Waals surface area contributed by atoms with E-state index in [1.165, 1.54) is 38.6 Å². The van der Waals surface area contributed by atoms with Crippen LogP contribution in [0.2, 0.25) is 0 Å². The SMILES string of the molecule is CS(=O)(=O)C1CCC(c2c(O)ccc3c(Oc4ccc(OCCN5CCCCC5)cc4)cccc23)CC1. The summed E-state index contributed by atoms with van der Waals surface area (Å²) in [6, 6.07) is 17.2. The monoisotopic (exact) mass is 523 g/mol. The van der Waals surface area contributed by atoms with Gasteiger partial charge in [-0.05, 0) is 105 Å². The Labute approximate surface area is 220 Å². The number of sulfone groups is 1. The average molecular weight is 524 g/mol. The maximum absolute atomic E-state index is 12.0.